The summed E-state index contributed by atoms with van der Waals surface area (Å²) in [6.07, 6.45) is 0.891. The van der Waals surface area contributed by atoms with E-state index in [0.717, 1.165) is 5.56 Å². The van der Waals surface area contributed by atoms with Gasteiger partial charge < -0.3 is 10.8 Å². The Hall–Kier alpha value is -1.95. The minimum absolute atomic E-state index is 0.0335. The number of carboxylic acids is 1. The van der Waals surface area contributed by atoms with E-state index in [4.69, 9.17) is 10.8 Å². The summed E-state index contributed by atoms with van der Waals surface area (Å²) in [5.74, 6) is -1.35. The first-order chi connectivity index (χ1) is 8.40. The standard InChI is InChI=1S/C12H16N2O4/c1-8(12(15)16)6-10(13)7-9-2-4-11(5-3-9)14(17)18/h2-5,8,10H,6-7,13H2,1H3,(H,15,16)/t8-,10-/m1/s1. The van der Waals surface area contributed by atoms with E-state index in [1.54, 1.807) is 19.1 Å². The van der Waals surface area contributed by atoms with Crippen molar-refractivity contribution in [3.63, 3.8) is 0 Å². The molecule has 6 heteroatoms. The zero-order chi connectivity index (χ0) is 13.7. The Morgan fingerprint density at radius 3 is 2.44 bits per heavy atom. The molecule has 0 radical (unpaired) electrons. The number of nitro benzene ring substituents is 1. The molecule has 1 aromatic carbocycles. The summed E-state index contributed by atoms with van der Waals surface area (Å²) in [4.78, 5) is 20.7. The lowest BCUT2D eigenvalue weighted by molar-refractivity contribution is -0.384. The molecule has 3 N–H and O–H groups in total. The van der Waals surface area contributed by atoms with Gasteiger partial charge in [0.2, 0.25) is 0 Å². The molecule has 0 saturated carbocycles. The first-order valence-corrected chi connectivity index (χ1v) is 5.62. The van der Waals surface area contributed by atoms with Crippen LogP contribution < -0.4 is 5.73 Å². The first kappa shape index (κ1) is 14.1. The molecule has 0 aliphatic heterocycles. The molecular formula is C12H16N2O4. The van der Waals surface area contributed by atoms with Crippen molar-refractivity contribution >= 4 is 11.7 Å². The van der Waals surface area contributed by atoms with Gasteiger partial charge in [0.1, 0.15) is 0 Å². The molecule has 98 valence electrons. The van der Waals surface area contributed by atoms with E-state index in [-0.39, 0.29) is 11.7 Å². The van der Waals surface area contributed by atoms with Crippen molar-refractivity contribution in [1.29, 1.82) is 0 Å². The van der Waals surface area contributed by atoms with E-state index in [2.05, 4.69) is 0 Å². The van der Waals surface area contributed by atoms with Crippen LogP contribution in [0.2, 0.25) is 0 Å². The van der Waals surface area contributed by atoms with Crippen molar-refractivity contribution in [3.05, 3.63) is 39.9 Å². The first-order valence-electron chi connectivity index (χ1n) is 5.62. The SMILES string of the molecule is C[C@H](C[C@@H](N)Cc1ccc([N+](=O)[O-])cc1)C(=O)O. The molecule has 0 heterocycles. The van der Waals surface area contributed by atoms with Crippen molar-refractivity contribution < 1.29 is 14.8 Å². The van der Waals surface area contributed by atoms with Gasteiger partial charge >= 0.3 is 5.97 Å². The highest BCUT2D eigenvalue weighted by Crippen LogP contribution is 2.15. The molecule has 0 amide bonds. The highest BCUT2D eigenvalue weighted by molar-refractivity contribution is 5.69. The summed E-state index contributed by atoms with van der Waals surface area (Å²) < 4.78 is 0. The van der Waals surface area contributed by atoms with Gasteiger partial charge in [-0.1, -0.05) is 19.1 Å². The van der Waals surface area contributed by atoms with E-state index in [1.165, 1.54) is 12.1 Å². The van der Waals surface area contributed by atoms with Gasteiger partial charge in [-0.3, -0.25) is 14.9 Å². The summed E-state index contributed by atoms with van der Waals surface area (Å²) in [7, 11) is 0. The molecule has 0 fully saturated rings. The third kappa shape index (κ3) is 4.14. The molecular weight excluding hydrogens is 236 g/mol. The van der Waals surface area contributed by atoms with Gasteiger partial charge in [-0.25, -0.2) is 0 Å². The Bertz CT molecular complexity index is 430. The number of non-ortho nitro benzene ring substituents is 1. The largest absolute Gasteiger partial charge is 0.481 e. The topological polar surface area (TPSA) is 106 Å². The van der Waals surface area contributed by atoms with Crippen LogP contribution in [-0.2, 0) is 11.2 Å². The molecule has 0 aromatic heterocycles. The fourth-order valence-electron chi connectivity index (χ4n) is 1.69. The van der Waals surface area contributed by atoms with E-state index in [0.29, 0.717) is 12.8 Å². The molecule has 2 atom stereocenters. The maximum Gasteiger partial charge on any atom is 0.306 e. The van der Waals surface area contributed by atoms with Gasteiger partial charge in [-0.15, -0.1) is 0 Å². The number of nitrogens with two attached hydrogens (primary N) is 1. The van der Waals surface area contributed by atoms with Crippen LogP contribution in [0.15, 0.2) is 24.3 Å². The van der Waals surface area contributed by atoms with Crippen LogP contribution in [0.4, 0.5) is 5.69 Å². The summed E-state index contributed by atoms with van der Waals surface area (Å²) in [6, 6.07) is 5.86. The van der Waals surface area contributed by atoms with E-state index >= 15 is 0 Å². The van der Waals surface area contributed by atoms with Crippen molar-refractivity contribution in [3.8, 4) is 0 Å². The summed E-state index contributed by atoms with van der Waals surface area (Å²) in [6.45, 7) is 1.61. The van der Waals surface area contributed by atoms with Gasteiger partial charge in [-0.2, -0.15) is 0 Å². The number of nitrogens with zero attached hydrogens (tertiary/aromatic N) is 1. The highest BCUT2D eigenvalue weighted by atomic mass is 16.6. The number of carbonyl (C=O) groups is 1. The number of benzene rings is 1. The number of carboxylic acid groups (broad SMARTS) is 1. The Balaban J connectivity index is 2.56. The highest BCUT2D eigenvalue weighted by Gasteiger charge is 2.16. The Morgan fingerprint density at radius 1 is 1.44 bits per heavy atom. The zero-order valence-corrected chi connectivity index (χ0v) is 10.1. The molecule has 0 aliphatic rings. The van der Waals surface area contributed by atoms with Crippen LogP contribution in [0.5, 0.6) is 0 Å². The predicted octanol–water partition coefficient (Wildman–Crippen LogP) is 1.58. The molecule has 0 saturated heterocycles. The summed E-state index contributed by atoms with van der Waals surface area (Å²) >= 11 is 0. The van der Waals surface area contributed by atoms with Crippen LogP contribution in [0.1, 0.15) is 18.9 Å². The second kappa shape index (κ2) is 6.11. The van der Waals surface area contributed by atoms with Crippen LogP contribution in [0, 0.1) is 16.0 Å². The van der Waals surface area contributed by atoms with E-state index < -0.39 is 16.8 Å². The molecule has 0 spiro atoms. The van der Waals surface area contributed by atoms with Gasteiger partial charge in [0, 0.05) is 18.2 Å². The Labute approximate surface area is 105 Å². The zero-order valence-electron chi connectivity index (χ0n) is 10.1. The average molecular weight is 252 g/mol. The normalized spacial score (nSPS) is 13.9. The molecule has 18 heavy (non-hydrogen) atoms. The van der Waals surface area contributed by atoms with E-state index in [1.807, 2.05) is 0 Å². The minimum atomic E-state index is -0.867. The van der Waals surface area contributed by atoms with Gasteiger partial charge in [0.15, 0.2) is 0 Å². The fraction of sp³-hybridized carbons (Fsp3) is 0.417. The van der Waals surface area contributed by atoms with Crippen LogP contribution >= 0.6 is 0 Å². The number of nitro groups is 1. The second-order valence-corrected chi connectivity index (χ2v) is 4.36. The van der Waals surface area contributed by atoms with E-state index in [9.17, 15) is 14.9 Å². The van der Waals surface area contributed by atoms with Crippen LogP contribution in [0.3, 0.4) is 0 Å². The van der Waals surface area contributed by atoms with Crippen molar-refractivity contribution in [2.45, 2.75) is 25.8 Å². The third-order valence-corrected chi connectivity index (χ3v) is 2.72. The van der Waals surface area contributed by atoms with Crippen molar-refractivity contribution in [2.24, 2.45) is 11.7 Å². The lowest BCUT2D eigenvalue weighted by atomic mass is 9.97. The molecule has 1 aromatic rings. The van der Waals surface area contributed by atoms with Gasteiger partial charge in [0.25, 0.3) is 5.69 Å². The molecule has 0 aliphatic carbocycles. The minimum Gasteiger partial charge on any atom is -0.481 e. The predicted molar refractivity (Wildman–Crippen MR) is 66.2 cm³/mol. The quantitative estimate of drug-likeness (QED) is 0.590. The third-order valence-electron chi connectivity index (χ3n) is 2.72. The number of rotatable bonds is 6. The van der Waals surface area contributed by atoms with Crippen LogP contribution in [0.25, 0.3) is 0 Å². The maximum atomic E-state index is 10.7. The molecule has 6 nitrogen and oxygen atoms in total. The lowest BCUT2D eigenvalue weighted by Gasteiger charge is -2.14. The molecule has 0 bridgehead atoms. The molecule has 1 rings (SSSR count). The number of hydrogen-bond donors (Lipinski definition) is 2. The van der Waals surface area contributed by atoms with Gasteiger partial charge in [-0.05, 0) is 18.4 Å². The Kier molecular flexibility index (Phi) is 4.79. The van der Waals surface area contributed by atoms with Gasteiger partial charge in [0.05, 0.1) is 10.8 Å². The maximum absolute atomic E-state index is 10.7. The fourth-order valence-corrected chi connectivity index (χ4v) is 1.69. The van der Waals surface area contributed by atoms with Crippen molar-refractivity contribution in [1.82, 2.24) is 0 Å². The number of hydrogen-bond acceptors (Lipinski definition) is 4. The lowest BCUT2D eigenvalue weighted by Crippen LogP contribution is -2.28. The van der Waals surface area contributed by atoms with Crippen molar-refractivity contribution in [2.75, 3.05) is 0 Å². The summed E-state index contributed by atoms with van der Waals surface area (Å²) in [5.41, 5.74) is 6.74. The Morgan fingerprint density at radius 2 is 2.00 bits per heavy atom. The van der Waals surface area contributed by atoms with Crippen LogP contribution in [-0.4, -0.2) is 22.0 Å². The number of aliphatic carboxylic acids is 1. The monoisotopic (exact) mass is 252 g/mol. The molecule has 0 unspecified atom stereocenters. The smallest absolute Gasteiger partial charge is 0.306 e. The second-order valence-electron chi connectivity index (χ2n) is 4.36. The average Bonchev–Trinajstić information content (AvgIpc) is 2.29. The summed E-state index contributed by atoms with van der Waals surface area (Å²) in [5, 5.41) is 19.2.